The van der Waals surface area contributed by atoms with Gasteiger partial charge in [0, 0.05) is 26.7 Å². The van der Waals surface area contributed by atoms with Gasteiger partial charge < -0.3 is 10.1 Å². The Kier molecular flexibility index (Phi) is 4.49. The summed E-state index contributed by atoms with van der Waals surface area (Å²) in [7, 11) is 0. The lowest BCUT2D eigenvalue weighted by atomic mass is 9.84. The van der Waals surface area contributed by atoms with Gasteiger partial charge >= 0.3 is 0 Å². The third-order valence-corrected chi connectivity index (χ3v) is 6.54. The first kappa shape index (κ1) is 19.4. The van der Waals surface area contributed by atoms with Crippen molar-refractivity contribution in [2.75, 3.05) is 5.32 Å². The van der Waals surface area contributed by atoms with Crippen molar-refractivity contribution in [2.45, 2.75) is 19.1 Å². The fourth-order valence-corrected chi connectivity index (χ4v) is 4.86. The normalized spacial score (nSPS) is 18.8. The number of benzene rings is 3. The summed E-state index contributed by atoms with van der Waals surface area (Å²) in [5.41, 5.74) is 5.99. The summed E-state index contributed by atoms with van der Waals surface area (Å²) in [6.45, 7) is 2.08. The molecule has 0 bridgehead atoms. The van der Waals surface area contributed by atoms with Gasteiger partial charge in [-0.05, 0) is 36.8 Å². The summed E-state index contributed by atoms with van der Waals surface area (Å²) in [4.78, 5) is 4.46. The van der Waals surface area contributed by atoms with Crippen LogP contribution in [-0.4, -0.2) is 14.8 Å². The van der Waals surface area contributed by atoms with E-state index >= 15 is 0 Å². The summed E-state index contributed by atoms with van der Waals surface area (Å²) in [5.74, 6) is 1.40. The van der Waals surface area contributed by atoms with Crippen LogP contribution in [0, 0.1) is 6.92 Å². The highest BCUT2D eigenvalue weighted by atomic mass is 35.5. The summed E-state index contributed by atoms with van der Waals surface area (Å²) in [5, 5.41) is 9.31. The Balaban J connectivity index is 1.65. The van der Waals surface area contributed by atoms with Gasteiger partial charge in [-0.25, -0.2) is 4.68 Å². The molecular formula is C25H18Cl2N4O. The standard InChI is InChI=1S/C25H18Cl2N4O/c1-14-6-8-15(9-7-14)23-21-22(30-25-28-13-29-31(23)25)18-12-16(26)10-11-20(18)32-24(21)17-4-2-3-5-19(17)27/h2-13,23-24H,1H3,(H,28,29,30)/t23-,24-/m1/s1. The van der Waals surface area contributed by atoms with Crippen LogP contribution in [0.2, 0.25) is 10.0 Å². The molecule has 3 heterocycles. The highest BCUT2D eigenvalue weighted by molar-refractivity contribution is 6.31. The Hall–Kier alpha value is -3.28. The predicted molar refractivity (Wildman–Crippen MR) is 126 cm³/mol. The predicted octanol–water partition coefficient (Wildman–Crippen LogP) is 6.45. The third-order valence-electron chi connectivity index (χ3n) is 5.96. The first-order valence-electron chi connectivity index (χ1n) is 10.3. The summed E-state index contributed by atoms with van der Waals surface area (Å²) < 4.78 is 8.48. The minimum absolute atomic E-state index is 0.224. The van der Waals surface area contributed by atoms with Crippen molar-refractivity contribution in [1.82, 2.24) is 14.8 Å². The average molecular weight is 461 g/mol. The molecule has 2 aliphatic rings. The molecule has 0 fully saturated rings. The highest BCUT2D eigenvalue weighted by Crippen LogP contribution is 2.51. The molecule has 0 spiro atoms. The van der Waals surface area contributed by atoms with Crippen LogP contribution in [-0.2, 0) is 0 Å². The fourth-order valence-electron chi connectivity index (χ4n) is 4.46. The second kappa shape index (κ2) is 7.40. The first-order chi connectivity index (χ1) is 15.6. The van der Waals surface area contributed by atoms with E-state index in [9.17, 15) is 0 Å². The number of aryl methyl sites for hydroxylation is 1. The van der Waals surface area contributed by atoms with E-state index in [0.717, 1.165) is 33.7 Å². The van der Waals surface area contributed by atoms with Gasteiger partial charge in [-0.3, -0.25) is 0 Å². The molecule has 6 rings (SSSR count). The molecule has 32 heavy (non-hydrogen) atoms. The van der Waals surface area contributed by atoms with E-state index < -0.39 is 6.10 Å². The molecule has 3 aromatic carbocycles. The van der Waals surface area contributed by atoms with Crippen LogP contribution < -0.4 is 10.1 Å². The molecule has 2 atom stereocenters. The van der Waals surface area contributed by atoms with Gasteiger partial charge in [-0.2, -0.15) is 10.1 Å². The molecule has 5 nitrogen and oxygen atoms in total. The van der Waals surface area contributed by atoms with Crippen LogP contribution in [0.4, 0.5) is 5.95 Å². The lowest BCUT2D eigenvalue weighted by Gasteiger charge is -2.39. The second-order valence-corrected chi connectivity index (χ2v) is 8.80. The monoisotopic (exact) mass is 460 g/mol. The Morgan fingerprint density at radius 3 is 2.62 bits per heavy atom. The van der Waals surface area contributed by atoms with Crippen LogP contribution in [0.3, 0.4) is 0 Å². The van der Waals surface area contributed by atoms with E-state index in [1.165, 1.54) is 5.56 Å². The Bertz CT molecular complexity index is 1380. The molecule has 0 saturated heterocycles. The number of halogens is 2. The van der Waals surface area contributed by atoms with Crippen molar-refractivity contribution in [2.24, 2.45) is 0 Å². The largest absolute Gasteiger partial charge is 0.480 e. The number of ether oxygens (including phenoxy) is 1. The molecule has 0 unspecified atom stereocenters. The van der Waals surface area contributed by atoms with Crippen LogP contribution in [0.1, 0.15) is 34.4 Å². The lowest BCUT2D eigenvalue weighted by molar-refractivity contribution is 0.223. The van der Waals surface area contributed by atoms with Gasteiger partial charge in [0.05, 0.1) is 5.70 Å². The van der Waals surface area contributed by atoms with E-state index in [1.54, 1.807) is 6.33 Å². The molecule has 4 aromatic rings. The zero-order chi connectivity index (χ0) is 21.8. The van der Waals surface area contributed by atoms with Gasteiger partial charge in [-0.1, -0.05) is 71.2 Å². The van der Waals surface area contributed by atoms with E-state index in [2.05, 4.69) is 46.6 Å². The highest BCUT2D eigenvalue weighted by Gasteiger charge is 2.41. The van der Waals surface area contributed by atoms with Gasteiger partial charge in [0.15, 0.2) is 6.10 Å². The summed E-state index contributed by atoms with van der Waals surface area (Å²) in [6.07, 6.45) is 1.15. The van der Waals surface area contributed by atoms with Crippen molar-refractivity contribution in [3.63, 3.8) is 0 Å². The zero-order valence-electron chi connectivity index (χ0n) is 17.1. The minimum Gasteiger partial charge on any atom is -0.480 e. The number of nitrogens with zero attached hydrogens (tertiary/aromatic N) is 3. The number of anilines is 1. The van der Waals surface area contributed by atoms with E-state index in [1.807, 2.05) is 47.1 Å². The molecule has 0 radical (unpaired) electrons. The topological polar surface area (TPSA) is 52.0 Å². The lowest BCUT2D eigenvalue weighted by Crippen LogP contribution is -2.32. The number of hydrogen-bond donors (Lipinski definition) is 1. The van der Waals surface area contributed by atoms with Gasteiger partial charge in [0.2, 0.25) is 5.95 Å². The Morgan fingerprint density at radius 1 is 1.00 bits per heavy atom. The maximum atomic E-state index is 6.66. The summed E-state index contributed by atoms with van der Waals surface area (Å²) >= 11 is 13.0. The third kappa shape index (κ3) is 3.00. The van der Waals surface area contributed by atoms with Gasteiger partial charge in [0.1, 0.15) is 18.1 Å². The zero-order valence-corrected chi connectivity index (χ0v) is 18.6. The van der Waals surface area contributed by atoms with Crippen molar-refractivity contribution in [1.29, 1.82) is 0 Å². The van der Waals surface area contributed by atoms with Crippen LogP contribution >= 0.6 is 23.2 Å². The Morgan fingerprint density at radius 2 is 1.81 bits per heavy atom. The molecule has 158 valence electrons. The number of hydrogen-bond acceptors (Lipinski definition) is 4. The Labute approximate surface area is 195 Å². The quantitative estimate of drug-likeness (QED) is 0.373. The molecule has 1 aromatic heterocycles. The van der Waals surface area contributed by atoms with Crippen molar-refractivity contribution in [3.05, 3.63) is 111 Å². The molecule has 0 amide bonds. The maximum absolute atomic E-state index is 6.66. The van der Waals surface area contributed by atoms with E-state index in [-0.39, 0.29) is 6.04 Å². The van der Waals surface area contributed by atoms with Gasteiger partial charge in [-0.15, -0.1) is 0 Å². The number of nitrogens with one attached hydrogen (secondary N) is 1. The average Bonchev–Trinajstić information content (AvgIpc) is 3.27. The first-order valence-corrected chi connectivity index (χ1v) is 11.0. The van der Waals surface area contributed by atoms with Crippen LogP contribution in [0.25, 0.3) is 5.70 Å². The molecular weight excluding hydrogens is 443 g/mol. The maximum Gasteiger partial charge on any atom is 0.226 e. The minimum atomic E-state index is -0.413. The molecule has 7 heteroatoms. The molecule has 1 N–H and O–H groups in total. The van der Waals surface area contributed by atoms with Crippen LogP contribution in [0.15, 0.2) is 78.6 Å². The number of aromatic nitrogens is 3. The van der Waals surface area contributed by atoms with Crippen molar-refractivity contribution < 1.29 is 4.74 Å². The van der Waals surface area contributed by atoms with Gasteiger partial charge in [0.25, 0.3) is 0 Å². The second-order valence-electron chi connectivity index (χ2n) is 7.96. The molecule has 0 aliphatic carbocycles. The van der Waals surface area contributed by atoms with E-state index in [0.29, 0.717) is 16.0 Å². The van der Waals surface area contributed by atoms with Crippen LogP contribution in [0.5, 0.6) is 5.75 Å². The fraction of sp³-hybridized carbons (Fsp3) is 0.120. The number of fused-ring (bicyclic) bond motifs is 3. The smallest absolute Gasteiger partial charge is 0.226 e. The van der Waals surface area contributed by atoms with Crippen molar-refractivity contribution >= 4 is 34.8 Å². The number of rotatable bonds is 2. The summed E-state index contributed by atoms with van der Waals surface area (Å²) in [6, 6.07) is 21.7. The van der Waals surface area contributed by atoms with Crippen molar-refractivity contribution in [3.8, 4) is 5.75 Å². The SMILES string of the molecule is Cc1ccc([C@@H]2C3=C(Nc4ncnn42)c2cc(Cl)ccc2O[C@@H]3c2ccccc2Cl)cc1. The molecule has 2 aliphatic heterocycles. The molecule has 0 saturated carbocycles. The van der Waals surface area contributed by atoms with E-state index in [4.69, 9.17) is 27.9 Å².